The number of hydrogen-bond acceptors (Lipinski definition) is 1. The molecule has 0 bridgehead atoms. The molecule has 160 valence electrons. The summed E-state index contributed by atoms with van der Waals surface area (Å²) in [5.74, 6) is 0. The highest BCUT2D eigenvalue weighted by Crippen LogP contribution is 2.53. The zero-order valence-electron chi connectivity index (χ0n) is 19.0. The molecular weight excluding hydrogens is 410 g/mol. The Morgan fingerprint density at radius 2 is 1.29 bits per heavy atom. The van der Waals surface area contributed by atoms with Gasteiger partial charge in [0.15, 0.2) is 0 Å². The Labute approximate surface area is 199 Å². The molecule has 1 aromatic heterocycles. The van der Waals surface area contributed by atoms with Crippen molar-refractivity contribution < 1.29 is 0 Å². The SMILES string of the molecule is CC1(c2ccccc2)c2ccccc2-c2ccc(-c3cccc4ccc5cccnc5c34)cc21. The lowest BCUT2D eigenvalue weighted by Crippen LogP contribution is -2.22. The van der Waals surface area contributed by atoms with E-state index in [0.717, 1.165) is 5.52 Å². The maximum absolute atomic E-state index is 4.78. The Morgan fingerprint density at radius 1 is 0.559 bits per heavy atom. The molecule has 0 radical (unpaired) electrons. The molecule has 0 saturated heterocycles. The third-order valence-electron chi connectivity index (χ3n) is 7.59. The Morgan fingerprint density at radius 3 is 2.21 bits per heavy atom. The average molecular weight is 434 g/mol. The second-order valence-electron chi connectivity index (χ2n) is 9.34. The molecule has 0 N–H and O–H groups in total. The van der Waals surface area contributed by atoms with Crippen molar-refractivity contribution in [3.8, 4) is 22.3 Å². The van der Waals surface area contributed by atoms with Crippen LogP contribution in [0.15, 0.2) is 121 Å². The number of aromatic nitrogens is 1. The average Bonchev–Trinajstić information content (AvgIpc) is 3.17. The van der Waals surface area contributed by atoms with Gasteiger partial charge in [-0.05, 0) is 63.4 Å². The fourth-order valence-electron chi connectivity index (χ4n) is 5.90. The van der Waals surface area contributed by atoms with Gasteiger partial charge in [-0.3, -0.25) is 4.98 Å². The van der Waals surface area contributed by atoms with Gasteiger partial charge in [0.2, 0.25) is 0 Å². The minimum atomic E-state index is -0.200. The van der Waals surface area contributed by atoms with Gasteiger partial charge in [0, 0.05) is 22.4 Å². The summed E-state index contributed by atoms with van der Waals surface area (Å²) >= 11 is 0. The van der Waals surface area contributed by atoms with Crippen LogP contribution in [0, 0.1) is 0 Å². The molecule has 1 heterocycles. The first kappa shape index (κ1) is 19.3. The van der Waals surface area contributed by atoms with Crippen molar-refractivity contribution in [1.29, 1.82) is 0 Å². The normalized spacial score (nSPS) is 16.5. The number of benzene rings is 5. The van der Waals surface area contributed by atoms with Crippen molar-refractivity contribution in [2.45, 2.75) is 12.3 Å². The van der Waals surface area contributed by atoms with E-state index in [0.29, 0.717) is 0 Å². The lowest BCUT2D eigenvalue weighted by Gasteiger charge is -2.28. The zero-order chi connectivity index (χ0) is 22.7. The number of rotatable bonds is 2. The van der Waals surface area contributed by atoms with Crippen LogP contribution in [0.4, 0.5) is 0 Å². The summed E-state index contributed by atoms with van der Waals surface area (Å²) in [6, 6.07) is 41.9. The van der Waals surface area contributed by atoms with E-state index in [-0.39, 0.29) is 5.41 Å². The lowest BCUT2D eigenvalue weighted by atomic mass is 9.74. The Hall–Kier alpha value is -4.23. The number of pyridine rings is 1. The molecule has 0 saturated carbocycles. The molecule has 0 aliphatic heterocycles. The molecule has 0 spiro atoms. The Bertz CT molecular complexity index is 1710. The summed E-state index contributed by atoms with van der Waals surface area (Å²) in [5.41, 5.74) is 10.0. The highest BCUT2D eigenvalue weighted by atomic mass is 14.6. The standard InChI is InChI=1S/C33H23N/c1-33(25-11-3-2-4-12-25)29-15-6-5-13-27(29)28-19-18-24(21-30(28)33)26-14-7-9-22-16-17-23-10-8-20-34-32(23)31(22)26/h2-21H,1H3. The van der Waals surface area contributed by atoms with E-state index in [9.17, 15) is 0 Å². The van der Waals surface area contributed by atoms with E-state index in [1.165, 1.54) is 55.1 Å². The molecular formula is C33H23N. The molecule has 1 aliphatic rings. The van der Waals surface area contributed by atoms with Crippen molar-refractivity contribution in [2.24, 2.45) is 0 Å². The largest absolute Gasteiger partial charge is 0.256 e. The van der Waals surface area contributed by atoms with Gasteiger partial charge < -0.3 is 0 Å². The molecule has 1 atom stereocenters. The molecule has 0 fully saturated rings. The van der Waals surface area contributed by atoms with Crippen LogP contribution >= 0.6 is 0 Å². The van der Waals surface area contributed by atoms with Gasteiger partial charge in [0.05, 0.1) is 5.52 Å². The zero-order valence-corrected chi connectivity index (χ0v) is 19.0. The molecule has 1 unspecified atom stereocenters. The molecule has 7 rings (SSSR count). The quantitative estimate of drug-likeness (QED) is 0.250. The summed E-state index contributed by atoms with van der Waals surface area (Å²) in [7, 11) is 0. The van der Waals surface area contributed by atoms with Crippen molar-refractivity contribution in [3.63, 3.8) is 0 Å². The van der Waals surface area contributed by atoms with E-state index in [2.05, 4.69) is 116 Å². The fourth-order valence-corrected chi connectivity index (χ4v) is 5.90. The maximum Gasteiger partial charge on any atom is 0.0786 e. The van der Waals surface area contributed by atoms with E-state index in [1.807, 2.05) is 12.3 Å². The molecule has 1 nitrogen and oxygen atoms in total. The van der Waals surface area contributed by atoms with Gasteiger partial charge in [-0.1, -0.05) is 103 Å². The second-order valence-corrected chi connectivity index (χ2v) is 9.34. The van der Waals surface area contributed by atoms with Crippen LogP contribution in [0.2, 0.25) is 0 Å². The van der Waals surface area contributed by atoms with Crippen LogP contribution in [-0.2, 0) is 5.41 Å². The smallest absolute Gasteiger partial charge is 0.0786 e. The second kappa shape index (κ2) is 7.13. The van der Waals surface area contributed by atoms with Gasteiger partial charge in [-0.15, -0.1) is 0 Å². The first-order valence-corrected chi connectivity index (χ1v) is 11.8. The van der Waals surface area contributed by atoms with Crippen LogP contribution in [-0.4, -0.2) is 4.98 Å². The first-order chi connectivity index (χ1) is 16.7. The van der Waals surface area contributed by atoms with E-state index < -0.39 is 0 Å². The van der Waals surface area contributed by atoms with Crippen LogP contribution in [0.25, 0.3) is 43.9 Å². The Kier molecular flexibility index (Phi) is 4.04. The molecule has 34 heavy (non-hydrogen) atoms. The van der Waals surface area contributed by atoms with Crippen molar-refractivity contribution in [2.75, 3.05) is 0 Å². The first-order valence-electron chi connectivity index (χ1n) is 11.8. The van der Waals surface area contributed by atoms with E-state index >= 15 is 0 Å². The molecule has 5 aromatic carbocycles. The van der Waals surface area contributed by atoms with E-state index in [1.54, 1.807) is 0 Å². The van der Waals surface area contributed by atoms with E-state index in [4.69, 9.17) is 4.98 Å². The van der Waals surface area contributed by atoms with Gasteiger partial charge in [-0.2, -0.15) is 0 Å². The maximum atomic E-state index is 4.78. The number of nitrogens with zero attached hydrogens (tertiary/aromatic N) is 1. The van der Waals surface area contributed by atoms with Gasteiger partial charge >= 0.3 is 0 Å². The third-order valence-corrected chi connectivity index (χ3v) is 7.59. The molecule has 1 heteroatoms. The predicted octanol–water partition coefficient (Wildman–Crippen LogP) is 8.39. The summed E-state index contributed by atoms with van der Waals surface area (Å²) < 4.78 is 0. The number of fused-ring (bicyclic) bond motifs is 6. The lowest BCUT2D eigenvalue weighted by molar-refractivity contribution is 0.714. The van der Waals surface area contributed by atoms with Crippen LogP contribution in [0.3, 0.4) is 0 Å². The van der Waals surface area contributed by atoms with Gasteiger partial charge in [0.1, 0.15) is 0 Å². The highest BCUT2D eigenvalue weighted by molar-refractivity contribution is 6.12. The fraction of sp³-hybridized carbons (Fsp3) is 0.0606. The minimum absolute atomic E-state index is 0.200. The predicted molar refractivity (Wildman–Crippen MR) is 142 cm³/mol. The van der Waals surface area contributed by atoms with Gasteiger partial charge in [0.25, 0.3) is 0 Å². The monoisotopic (exact) mass is 433 g/mol. The van der Waals surface area contributed by atoms with Crippen LogP contribution < -0.4 is 0 Å². The Balaban J connectivity index is 1.53. The summed E-state index contributed by atoms with van der Waals surface area (Å²) in [5, 5.41) is 3.61. The highest BCUT2D eigenvalue weighted by Gasteiger charge is 2.40. The summed E-state index contributed by atoms with van der Waals surface area (Å²) in [4.78, 5) is 4.78. The molecule has 1 aliphatic carbocycles. The summed E-state index contributed by atoms with van der Waals surface area (Å²) in [6.07, 6.45) is 1.89. The summed E-state index contributed by atoms with van der Waals surface area (Å²) in [6.45, 7) is 2.37. The van der Waals surface area contributed by atoms with Crippen LogP contribution in [0.1, 0.15) is 23.6 Å². The topological polar surface area (TPSA) is 12.9 Å². The minimum Gasteiger partial charge on any atom is -0.256 e. The van der Waals surface area contributed by atoms with Crippen molar-refractivity contribution >= 4 is 21.7 Å². The molecule has 6 aromatic rings. The molecule has 0 amide bonds. The van der Waals surface area contributed by atoms with Crippen molar-refractivity contribution in [3.05, 3.63) is 138 Å². The van der Waals surface area contributed by atoms with Gasteiger partial charge in [-0.25, -0.2) is 0 Å². The van der Waals surface area contributed by atoms with Crippen LogP contribution in [0.5, 0.6) is 0 Å². The third kappa shape index (κ3) is 2.58. The number of hydrogen-bond donors (Lipinski definition) is 0. The van der Waals surface area contributed by atoms with Crippen molar-refractivity contribution in [1.82, 2.24) is 4.98 Å².